The van der Waals surface area contributed by atoms with Crippen molar-refractivity contribution in [1.82, 2.24) is 5.43 Å². The van der Waals surface area contributed by atoms with Crippen molar-refractivity contribution in [3.8, 4) is 17.2 Å². The molecule has 2 aromatic carbocycles. The van der Waals surface area contributed by atoms with E-state index in [9.17, 15) is 14.9 Å². The lowest BCUT2D eigenvalue weighted by atomic mass is 10.1. The Hall–Kier alpha value is -3.04. The monoisotopic (exact) mass is 427 g/mol. The number of ether oxygens (including phenoxy) is 3. The summed E-state index contributed by atoms with van der Waals surface area (Å²) in [6.07, 6.45) is 1.12. The van der Waals surface area contributed by atoms with Gasteiger partial charge in [-0.2, -0.15) is 5.10 Å². The third kappa shape index (κ3) is 5.48. The highest BCUT2D eigenvalue weighted by molar-refractivity contribution is 6.35. The van der Waals surface area contributed by atoms with E-state index in [-0.39, 0.29) is 40.1 Å². The number of amides is 1. The number of carbonyl (C=O) groups excluding carboxylic acids is 1. The standard InChI is InChI=1S/C17H15Cl2N3O6/c1-26-15-5-10(13(22(24)25)7-16(15)27-2)8-20-21-17(23)9-28-14-4-3-11(18)6-12(14)19/h3-8H,9H2,1-2H3,(H,21,23)/b20-8+. The normalized spacial score (nSPS) is 10.6. The van der Waals surface area contributed by atoms with Crippen LogP contribution >= 0.6 is 23.2 Å². The highest BCUT2D eigenvalue weighted by Crippen LogP contribution is 2.33. The number of nitrogens with zero attached hydrogens (tertiary/aromatic N) is 2. The Bertz CT molecular complexity index is 920. The predicted octanol–water partition coefficient (Wildman–Crippen LogP) is 3.45. The van der Waals surface area contributed by atoms with E-state index < -0.39 is 10.8 Å². The van der Waals surface area contributed by atoms with Crippen molar-refractivity contribution in [2.45, 2.75) is 0 Å². The van der Waals surface area contributed by atoms with Gasteiger partial charge in [0.1, 0.15) is 5.75 Å². The summed E-state index contributed by atoms with van der Waals surface area (Å²) < 4.78 is 15.4. The Morgan fingerprint density at radius 2 is 1.86 bits per heavy atom. The minimum Gasteiger partial charge on any atom is -0.493 e. The Balaban J connectivity index is 2.05. The van der Waals surface area contributed by atoms with Gasteiger partial charge in [0.25, 0.3) is 11.6 Å². The molecule has 11 heteroatoms. The van der Waals surface area contributed by atoms with Crippen LogP contribution in [0.1, 0.15) is 5.56 Å². The van der Waals surface area contributed by atoms with Crippen LogP contribution in [0, 0.1) is 10.1 Å². The molecule has 2 rings (SSSR count). The van der Waals surface area contributed by atoms with Gasteiger partial charge in [-0.15, -0.1) is 0 Å². The maximum Gasteiger partial charge on any atom is 0.282 e. The number of nitrogens with one attached hydrogen (secondary N) is 1. The summed E-state index contributed by atoms with van der Waals surface area (Å²) in [7, 11) is 2.76. The van der Waals surface area contributed by atoms with Crippen molar-refractivity contribution >= 4 is 41.0 Å². The lowest BCUT2D eigenvalue weighted by Gasteiger charge is -2.08. The van der Waals surface area contributed by atoms with Crippen molar-refractivity contribution in [3.63, 3.8) is 0 Å². The Kier molecular flexibility index (Phi) is 7.42. The third-order valence-electron chi connectivity index (χ3n) is 3.38. The molecule has 0 saturated carbocycles. The number of hydrazone groups is 1. The van der Waals surface area contributed by atoms with E-state index in [1.165, 1.54) is 38.5 Å². The molecular weight excluding hydrogens is 413 g/mol. The molecule has 0 fully saturated rings. The highest BCUT2D eigenvalue weighted by Gasteiger charge is 2.18. The van der Waals surface area contributed by atoms with Crippen LogP contribution in [0.15, 0.2) is 35.4 Å². The fourth-order valence-electron chi connectivity index (χ4n) is 2.09. The molecule has 0 aliphatic carbocycles. The van der Waals surface area contributed by atoms with E-state index >= 15 is 0 Å². The van der Waals surface area contributed by atoms with Crippen molar-refractivity contribution in [2.24, 2.45) is 5.10 Å². The van der Waals surface area contributed by atoms with Gasteiger partial charge in [-0.1, -0.05) is 23.2 Å². The van der Waals surface area contributed by atoms with E-state index in [0.717, 1.165) is 6.21 Å². The van der Waals surface area contributed by atoms with Gasteiger partial charge in [0.15, 0.2) is 18.1 Å². The number of hydrogen-bond acceptors (Lipinski definition) is 7. The zero-order valence-corrected chi connectivity index (χ0v) is 16.3. The number of rotatable bonds is 8. The van der Waals surface area contributed by atoms with E-state index in [1.54, 1.807) is 6.07 Å². The predicted molar refractivity (Wildman–Crippen MR) is 104 cm³/mol. The van der Waals surface area contributed by atoms with E-state index in [1.807, 2.05) is 0 Å². The van der Waals surface area contributed by atoms with Gasteiger partial charge in [-0.3, -0.25) is 14.9 Å². The molecule has 0 spiro atoms. The second-order valence-corrected chi connectivity index (χ2v) is 6.02. The summed E-state index contributed by atoms with van der Waals surface area (Å²) in [6, 6.07) is 7.14. The summed E-state index contributed by atoms with van der Waals surface area (Å²) in [5, 5.41) is 15.6. The third-order valence-corrected chi connectivity index (χ3v) is 3.91. The first-order valence-corrected chi connectivity index (χ1v) is 8.41. The molecule has 9 nitrogen and oxygen atoms in total. The number of methoxy groups -OCH3 is 2. The molecule has 148 valence electrons. The number of nitro groups is 1. The molecule has 0 unspecified atom stereocenters. The molecular formula is C17H15Cl2N3O6. The van der Waals surface area contributed by atoms with E-state index in [2.05, 4.69) is 10.5 Å². The second-order valence-electron chi connectivity index (χ2n) is 5.18. The van der Waals surface area contributed by atoms with Crippen LogP contribution in [0.3, 0.4) is 0 Å². The van der Waals surface area contributed by atoms with Gasteiger partial charge in [-0.05, 0) is 24.3 Å². The summed E-state index contributed by atoms with van der Waals surface area (Å²) in [5.41, 5.74) is 2.06. The number of halogens is 2. The molecule has 2 aromatic rings. The number of hydrogen-bond donors (Lipinski definition) is 1. The van der Waals surface area contributed by atoms with Crippen LogP contribution in [-0.4, -0.2) is 37.9 Å². The molecule has 0 aliphatic rings. The molecule has 0 heterocycles. The average Bonchev–Trinajstić information content (AvgIpc) is 2.66. The lowest BCUT2D eigenvalue weighted by molar-refractivity contribution is -0.385. The first kappa shape index (κ1) is 21.3. The molecule has 0 atom stereocenters. The summed E-state index contributed by atoms with van der Waals surface area (Å²) in [5.74, 6) is 0.163. The minimum absolute atomic E-state index is 0.115. The molecule has 28 heavy (non-hydrogen) atoms. The fourth-order valence-corrected chi connectivity index (χ4v) is 2.55. The van der Waals surface area contributed by atoms with Gasteiger partial charge >= 0.3 is 0 Å². The number of nitro benzene ring substituents is 1. The Morgan fingerprint density at radius 1 is 1.18 bits per heavy atom. The SMILES string of the molecule is COc1cc(/C=N/NC(=O)COc2ccc(Cl)cc2Cl)c([N+](=O)[O-])cc1OC. The first-order chi connectivity index (χ1) is 13.3. The van der Waals surface area contributed by atoms with Gasteiger partial charge in [-0.25, -0.2) is 5.43 Å². The molecule has 1 N–H and O–H groups in total. The summed E-state index contributed by atoms with van der Waals surface area (Å²) >= 11 is 11.7. The maximum absolute atomic E-state index is 11.8. The fraction of sp³-hybridized carbons (Fsp3) is 0.176. The zero-order valence-electron chi connectivity index (χ0n) is 14.8. The van der Waals surface area contributed by atoms with Crippen LogP contribution in [0.2, 0.25) is 10.0 Å². The van der Waals surface area contributed by atoms with E-state index in [4.69, 9.17) is 37.4 Å². The average molecular weight is 428 g/mol. The molecule has 0 bridgehead atoms. The van der Waals surface area contributed by atoms with Crippen molar-refractivity contribution in [2.75, 3.05) is 20.8 Å². The second kappa shape index (κ2) is 9.77. The van der Waals surface area contributed by atoms with Crippen molar-refractivity contribution < 1.29 is 23.9 Å². The molecule has 0 aliphatic heterocycles. The van der Waals surface area contributed by atoms with Crippen LogP contribution < -0.4 is 19.6 Å². The molecule has 0 radical (unpaired) electrons. The van der Waals surface area contributed by atoms with Gasteiger partial charge in [0.05, 0.1) is 42.0 Å². The smallest absolute Gasteiger partial charge is 0.282 e. The summed E-state index contributed by atoms with van der Waals surface area (Å²) in [4.78, 5) is 22.4. The lowest BCUT2D eigenvalue weighted by Crippen LogP contribution is -2.24. The van der Waals surface area contributed by atoms with Gasteiger partial charge in [0, 0.05) is 5.02 Å². The molecule has 1 amide bonds. The maximum atomic E-state index is 11.8. The van der Waals surface area contributed by atoms with Gasteiger partial charge in [0.2, 0.25) is 0 Å². The largest absolute Gasteiger partial charge is 0.493 e. The summed E-state index contributed by atoms with van der Waals surface area (Å²) in [6.45, 7) is -0.368. The Morgan fingerprint density at radius 3 is 2.46 bits per heavy atom. The van der Waals surface area contributed by atoms with Crippen molar-refractivity contribution in [1.29, 1.82) is 0 Å². The highest BCUT2D eigenvalue weighted by atomic mass is 35.5. The molecule has 0 aromatic heterocycles. The minimum atomic E-state index is -0.600. The van der Waals surface area contributed by atoms with Crippen LogP contribution in [0.4, 0.5) is 5.69 Å². The van der Waals surface area contributed by atoms with Crippen molar-refractivity contribution in [3.05, 3.63) is 56.1 Å². The topological polar surface area (TPSA) is 112 Å². The van der Waals surface area contributed by atoms with Crippen LogP contribution in [-0.2, 0) is 4.79 Å². The number of benzene rings is 2. The first-order valence-electron chi connectivity index (χ1n) is 7.66. The van der Waals surface area contributed by atoms with E-state index in [0.29, 0.717) is 5.02 Å². The van der Waals surface area contributed by atoms with Gasteiger partial charge < -0.3 is 14.2 Å². The molecule has 0 saturated heterocycles. The number of carbonyl (C=O) groups is 1. The quantitative estimate of drug-likeness (QED) is 0.392. The Labute approximate surface area is 169 Å². The zero-order chi connectivity index (χ0) is 20.7. The van der Waals surface area contributed by atoms with Crippen LogP contribution in [0.5, 0.6) is 17.2 Å². The van der Waals surface area contributed by atoms with Crippen LogP contribution in [0.25, 0.3) is 0 Å².